The van der Waals surface area contributed by atoms with E-state index in [4.69, 9.17) is 9.47 Å². The molecule has 1 aliphatic heterocycles. The van der Waals surface area contributed by atoms with Gasteiger partial charge < -0.3 is 19.7 Å². The third-order valence-electron chi connectivity index (χ3n) is 4.61. The molecule has 25 heavy (non-hydrogen) atoms. The van der Waals surface area contributed by atoms with Gasteiger partial charge in [-0.3, -0.25) is 4.79 Å². The lowest BCUT2D eigenvalue weighted by Crippen LogP contribution is -3.12. The lowest BCUT2D eigenvalue weighted by molar-refractivity contribution is -0.907. The first kappa shape index (κ1) is 17.3. The molecule has 2 aromatic rings. The van der Waals surface area contributed by atoms with Gasteiger partial charge in [0.2, 0.25) is 0 Å². The molecule has 5 nitrogen and oxygen atoms in total. The fraction of sp³-hybridized carbons (Fsp3) is 0.350. The van der Waals surface area contributed by atoms with Crippen LogP contribution in [0.25, 0.3) is 0 Å². The first-order valence-electron chi connectivity index (χ1n) is 8.53. The van der Waals surface area contributed by atoms with E-state index in [2.05, 4.69) is 11.4 Å². The molecule has 0 bridgehead atoms. The van der Waals surface area contributed by atoms with Crippen molar-refractivity contribution < 1.29 is 19.2 Å². The van der Waals surface area contributed by atoms with Gasteiger partial charge in [-0.1, -0.05) is 12.1 Å². The molecule has 1 unspecified atom stereocenters. The number of carbonyl (C=O) groups excluding carboxylic acids is 1. The number of carbonyl (C=O) groups is 1. The molecule has 1 heterocycles. The van der Waals surface area contributed by atoms with Crippen LogP contribution in [-0.4, -0.2) is 33.2 Å². The number of hydrogen-bond donors (Lipinski definition) is 2. The largest absolute Gasteiger partial charge is 0.493 e. The maximum Gasteiger partial charge on any atom is 0.279 e. The second-order valence-electron chi connectivity index (χ2n) is 6.50. The van der Waals surface area contributed by atoms with E-state index in [1.54, 1.807) is 14.2 Å². The Bertz CT molecular complexity index is 774. The van der Waals surface area contributed by atoms with Gasteiger partial charge in [0.1, 0.15) is 6.54 Å². The highest BCUT2D eigenvalue weighted by molar-refractivity contribution is 5.91. The zero-order chi connectivity index (χ0) is 17.8. The van der Waals surface area contributed by atoms with Gasteiger partial charge in [-0.25, -0.2) is 0 Å². The Morgan fingerprint density at radius 3 is 2.52 bits per heavy atom. The second-order valence-corrected chi connectivity index (χ2v) is 6.50. The minimum absolute atomic E-state index is 0.0459. The van der Waals surface area contributed by atoms with Crippen LogP contribution in [0.1, 0.15) is 16.7 Å². The monoisotopic (exact) mass is 341 g/mol. The summed E-state index contributed by atoms with van der Waals surface area (Å²) in [5.74, 6) is 1.55. The van der Waals surface area contributed by atoms with E-state index in [1.165, 1.54) is 16.0 Å². The molecule has 0 saturated heterocycles. The third-order valence-corrected chi connectivity index (χ3v) is 4.61. The topological polar surface area (TPSA) is 52.0 Å². The summed E-state index contributed by atoms with van der Waals surface area (Å²) in [6.07, 6.45) is 0.933. The van der Waals surface area contributed by atoms with Crippen LogP contribution < -0.4 is 19.7 Å². The number of quaternary nitrogens is 1. The van der Waals surface area contributed by atoms with Crippen LogP contribution in [0.5, 0.6) is 11.5 Å². The normalized spacial score (nSPS) is 16.0. The highest BCUT2D eigenvalue weighted by Gasteiger charge is 2.24. The van der Waals surface area contributed by atoms with Crippen molar-refractivity contribution in [1.82, 2.24) is 0 Å². The van der Waals surface area contributed by atoms with Gasteiger partial charge in [0.25, 0.3) is 5.91 Å². The minimum Gasteiger partial charge on any atom is -0.493 e. The van der Waals surface area contributed by atoms with Crippen LogP contribution in [0.3, 0.4) is 0 Å². The predicted octanol–water partition coefficient (Wildman–Crippen LogP) is 1.59. The molecular weight excluding hydrogens is 316 g/mol. The molecule has 0 saturated carbocycles. The van der Waals surface area contributed by atoms with E-state index in [9.17, 15) is 4.79 Å². The van der Waals surface area contributed by atoms with Gasteiger partial charge >= 0.3 is 0 Å². The van der Waals surface area contributed by atoms with Gasteiger partial charge in [-0.2, -0.15) is 0 Å². The van der Waals surface area contributed by atoms with Crippen molar-refractivity contribution in [3.05, 3.63) is 53.1 Å². The molecule has 2 N–H and O–H groups in total. The first-order chi connectivity index (χ1) is 12.1. The van der Waals surface area contributed by atoms with Crippen molar-refractivity contribution in [2.24, 2.45) is 0 Å². The summed E-state index contributed by atoms with van der Waals surface area (Å²) in [7, 11) is 3.30. The quantitative estimate of drug-likeness (QED) is 0.868. The van der Waals surface area contributed by atoms with Crippen molar-refractivity contribution in [3.8, 4) is 11.5 Å². The molecule has 0 fully saturated rings. The van der Waals surface area contributed by atoms with E-state index >= 15 is 0 Å². The molecule has 1 aliphatic rings. The number of methoxy groups -OCH3 is 2. The van der Waals surface area contributed by atoms with Crippen LogP contribution in [0.4, 0.5) is 5.69 Å². The van der Waals surface area contributed by atoms with Crippen molar-refractivity contribution in [3.63, 3.8) is 0 Å². The highest BCUT2D eigenvalue weighted by atomic mass is 16.5. The number of benzene rings is 2. The van der Waals surface area contributed by atoms with E-state index < -0.39 is 0 Å². The summed E-state index contributed by atoms with van der Waals surface area (Å²) in [4.78, 5) is 13.6. The van der Waals surface area contributed by atoms with Gasteiger partial charge in [0.05, 0.1) is 20.8 Å². The summed E-state index contributed by atoms with van der Waals surface area (Å²) < 4.78 is 10.8. The van der Waals surface area contributed by atoms with E-state index in [1.807, 2.05) is 37.3 Å². The van der Waals surface area contributed by atoms with Gasteiger partial charge in [0.15, 0.2) is 18.0 Å². The number of hydrogen-bond acceptors (Lipinski definition) is 3. The molecule has 0 spiro atoms. The maximum absolute atomic E-state index is 12.4. The Labute approximate surface area is 148 Å². The Morgan fingerprint density at radius 2 is 1.84 bits per heavy atom. The molecule has 0 aliphatic carbocycles. The number of ether oxygens (including phenoxy) is 2. The highest BCUT2D eigenvalue weighted by Crippen LogP contribution is 2.31. The number of rotatable bonds is 5. The van der Waals surface area contributed by atoms with E-state index in [-0.39, 0.29) is 5.91 Å². The fourth-order valence-electron chi connectivity index (χ4n) is 3.34. The maximum atomic E-state index is 12.4. The molecular formula is C20H25N2O3+. The Morgan fingerprint density at radius 1 is 1.12 bits per heavy atom. The zero-order valence-corrected chi connectivity index (χ0v) is 15.0. The van der Waals surface area contributed by atoms with Crippen molar-refractivity contribution in [2.75, 3.05) is 32.6 Å². The zero-order valence-electron chi connectivity index (χ0n) is 15.0. The number of anilines is 1. The number of aryl methyl sites for hydroxylation is 1. The van der Waals surface area contributed by atoms with E-state index in [0.717, 1.165) is 42.3 Å². The van der Waals surface area contributed by atoms with Crippen molar-refractivity contribution in [1.29, 1.82) is 0 Å². The molecule has 0 aromatic heterocycles. The average molecular weight is 341 g/mol. The smallest absolute Gasteiger partial charge is 0.279 e. The number of amides is 1. The van der Waals surface area contributed by atoms with Crippen LogP contribution in [0.2, 0.25) is 0 Å². The van der Waals surface area contributed by atoms with Crippen LogP contribution in [0.15, 0.2) is 36.4 Å². The first-order valence-corrected chi connectivity index (χ1v) is 8.53. The predicted molar refractivity (Wildman–Crippen MR) is 97.5 cm³/mol. The fourth-order valence-corrected chi connectivity index (χ4v) is 3.34. The Hall–Kier alpha value is -2.53. The molecule has 1 amide bonds. The lowest BCUT2D eigenvalue weighted by atomic mass is 9.99. The standard InChI is InChI=1S/C20H24N2O3/c1-14-5-4-6-17(9-14)21-20(23)13-22-8-7-15-10-18(24-2)19(25-3)11-16(15)12-22/h4-6,9-11H,7-8,12-13H2,1-3H3,(H,21,23)/p+1. The Balaban J connectivity index is 1.65. The van der Waals surface area contributed by atoms with Crippen LogP contribution in [0, 0.1) is 6.92 Å². The summed E-state index contributed by atoms with van der Waals surface area (Å²) in [6.45, 7) is 4.23. The molecule has 5 heteroatoms. The number of nitrogens with one attached hydrogen (secondary N) is 2. The van der Waals surface area contributed by atoms with Crippen LogP contribution in [-0.2, 0) is 17.8 Å². The second kappa shape index (κ2) is 7.57. The molecule has 2 aromatic carbocycles. The molecule has 1 atom stereocenters. The van der Waals surface area contributed by atoms with Gasteiger partial charge in [-0.15, -0.1) is 0 Å². The molecule has 0 radical (unpaired) electrons. The summed E-state index contributed by atoms with van der Waals surface area (Å²) in [5.41, 5.74) is 4.49. The van der Waals surface area contributed by atoms with E-state index in [0.29, 0.717) is 6.54 Å². The van der Waals surface area contributed by atoms with Crippen molar-refractivity contribution in [2.45, 2.75) is 19.9 Å². The SMILES string of the molecule is COc1cc2c(cc1OC)C[NH+](CC(=O)Nc1cccc(C)c1)CC2. The van der Waals surface area contributed by atoms with Gasteiger partial charge in [-0.05, 0) is 42.3 Å². The third kappa shape index (κ3) is 4.12. The molecule has 132 valence electrons. The number of fused-ring (bicyclic) bond motifs is 1. The summed E-state index contributed by atoms with van der Waals surface area (Å²) in [5, 5.41) is 2.99. The average Bonchev–Trinajstić information content (AvgIpc) is 2.60. The van der Waals surface area contributed by atoms with Crippen molar-refractivity contribution >= 4 is 11.6 Å². The minimum atomic E-state index is 0.0459. The molecule has 3 rings (SSSR count). The Kier molecular flexibility index (Phi) is 5.24. The van der Waals surface area contributed by atoms with Gasteiger partial charge in [0, 0.05) is 17.7 Å². The summed E-state index contributed by atoms with van der Waals surface area (Å²) >= 11 is 0. The summed E-state index contributed by atoms with van der Waals surface area (Å²) in [6, 6.07) is 12.0. The lowest BCUT2D eigenvalue weighted by Gasteiger charge is -2.26. The van der Waals surface area contributed by atoms with Crippen LogP contribution >= 0.6 is 0 Å².